The van der Waals surface area contributed by atoms with Gasteiger partial charge < -0.3 is 8.98 Å². The van der Waals surface area contributed by atoms with Crippen LogP contribution >= 0.6 is 0 Å². The van der Waals surface area contributed by atoms with Crippen LogP contribution < -0.4 is 0 Å². The van der Waals surface area contributed by atoms with Gasteiger partial charge in [-0.25, -0.2) is 15.0 Å². The zero-order chi connectivity index (χ0) is 46.3. The third-order valence-corrected chi connectivity index (χ3v) is 12.8. The first kappa shape index (κ1) is 41.2. The van der Waals surface area contributed by atoms with Crippen LogP contribution in [0.4, 0.5) is 0 Å². The quantitative estimate of drug-likeness (QED) is 0.128. The Kier molecular flexibility index (Phi) is 10.5. The number of hydrogen-bond acceptors (Lipinski definition) is 5. The number of pyridine rings is 1. The van der Waals surface area contributed by atoms with Crippen molar-refractivity contribution < 1.29 is 4.42 Å². The lowest BCUT2D eigenvalue weighted by molar-refractivity contribution is 0.673. The van der Waals surface area contributed by atoms with Crippen molar-refractivity contribution in [1.82, 2.24) is 24.5 Å². The van der Waals surface area contributed by atoms with Gasteiger partial charge in [0, 0.05) is 55.9 Å². The number of furan rings is 1. The number of para-hydroxylation sites is 2. The number of rotatable bonds is 10. The number of nitrogens with zero attached hydrogens (tertiary/aromatic N) is 5. The summed E-state index contributed by atoms with van der Waals surface area (Å²) in [4.78, 5) is 20.9. The highest BCUT2D eigenvalue weighted by Gasteiger charge is 2.22. The summed E-state index contributed by atoms with van der Waals surface area (Å²) >= 11 is 0. The first-order valence-corrected chi connectivity index (χ1v) is 23.1. The molecule has 0 atom stereocenters. The molecule has 4 aromatic heterocycles. The molecular weight excluding hydrogens is 843 g/mol. The molecule has 69 heavy (non-hydrogen) atoms. The van der Waals surface area contributed by atoms with Crippen molar-refractivity contribution in [1.29, 1.82) is 0 Å². The van der Waals surface area contributed by atoms with Gasteiger partial charge in [0.2, 0.25) is 0 Å². The minimum absolute atomic E-state index is 0.517. The van der Waals surface area contributed by atoms with Crippen LogP contribution in [0.2, 0.25) is 0 Å². The number of benzene rings is 8. The second-order valence-corrected chi connectivity index (χ2v) is 17.0. The van der Waals surface area contributed by atoms with Crippen molar-refractivity contribution in [3.63, 3.8) is 0 Å². The van der Waals surface area contributed by atoms with Gasteiger partial charge in [0.05, 0.1) is 22.1 Å². The molecule has 0 amide bonds. The Labute approximate surface area is 399 Å². The van der Waals surface area contributed by atoms with Crippen molar-refractivity contribution >= 4 is 49.3 Å². The molecule has 0 N–H and O–H groups in total. The van der Waals surface area contributed by atoms with Gasteiger partial charge in [0.1, 0.15) is 11.2 Å². The van der Waals surface area contributed by atoms with Gasteiger partial charge in [0.15, 0.2) is 17.5 Å². The van der Waals surface area contributed by atoms with Crippen molar-refractivity contribution in [3.05, 3.63) is 243 Å². The minimum Gasteiger partial charge on any atom is -0.455 e. The number of allylic oxidation sites excluding steroid dienone is 5. The van der Waals surface area contributed by atoms with Crippen LogP contribution in [0, 0.1) is 0 Å². The van der Waals surface area contributed by atoms with E-state index in [-0.39, 0.29) is 0 Å². The lowest BCUT2D eigenvalue weighted by Gasteiger charge is -2.16. The molecule has 12 rings (SSSR count). The van der Waals surface area contributed by atoms with E-state index in [2.05, 4.69) is 163 Å². The van der Waals surface area contributed by atoms with Crippen LogP contribution in [-0.4, -0.2) is 24.5 Å². The van der Waals surface area contributed by atoms with E-state index in [1.54, 1.807) is 0 Å². The Hall–Kier alpha value is -9.26. The standard InChI is InChI=1S/C63H43N5O/c1-3-19-41(20-4-2)49-33-31-45(37-52(49)42-21-9-5-10-22-42)47-39-54(63-66-61(43-23-11-6-12-24-43)65-62(67-63)44-25-13-7-14-26-44)59(64-40-47)46-32-36-57-53(38-46)50-34-35-56-58(60(50)69-57)51-29-17-18-30-55(51)68(56)48-27-15-8-16-28-48/h3-40H,1H2,2H3/b20-4-,41-19+. The molecule has 8 aromatic carbocycles. The predicted octanol–water partition coefficient (Wildman–Crippen LogP) is 16.4. The molecule has 0 aliphatic rings. The highest BCUT2D eigenvalue weighted by molar-refractivity contribution is 6.24. The molecule has 0 fully saturated rings. The smallest absolute Gasteiger partial charge is 0.166 e. The summed E-state index contributed by atoms with van der Waals surface area (Å²) in [5.74, 6) is 1.67. The van der Waals surface area contributed by atoms with E-state index in [1.165, 1.54) is 0 Å². The monoisotopic (exact) mass is 885 g/mol. The molecule has 0 saturated carbocycles. The number of aromatic nitrogens is 5. The molecule has 0 bridgehead atoms. The summed E-state index contributed by atoms with van der Waals surface area (Å²) in [5.41, 5.74) is 15.5. The molecule has 0 radical (unpaired) electrons. The van der Waals surface area contributed by atoms with E-state index in [0.717, 1.165) is 111 Å². The second-order valence-electron chi connectivity index (χ2n) is 17.0. The van der Waals surface area contributed by atoms with Gasteiger partial charge in [-0.05, 0) is 95.4 Å². The highest BCUT2D eigenvalue weighted by atomic mass is 16.3. The normalized spacial score (nSPS) is 11.9. The molecule has 0 saturated heterocycles. The van der Waals surface area contributed by atoms with Crippen LogP contribution in [0.3, 0.4) is 0 Å². The van der Waals surface area contributed by atoms with Gasteiger partial charge in [-0.2, -0.15) is 0 Å². The molecule has 6 nitrogen and oxygen atoms in total. The second kappa shape index (κ2) is 17.5. The highest BCUT2D eigenvalue weighted by Crippen LogP contribution is 2.43. The van der Waals surface area contributed by atoms with Crippen molar-refractivity contribution in [2.24, 2.45) is 0 Å². The first-order chi connectivity index (χ1) is 34.1. The average Bonchev–Trinajstić information content (AvgIpc) is 3.97. The molecule has 4 heterocycles. The zero-order valence-corrected chi connectivity index (χ0v) is 37.8. The van der Waals surface area contributed by atoms with Gasteiger partial charge in [-0.3, -0.25) is 4.98 Å². The van der Waals surface area contributed by atoms with Gasteiger partial charge >= 0.3 is 0 Å². The fourth-order valence-corrected chi connectivity index (χ4v) is 9.61. The number of hydrogen-bond donors (Lipinski definition) is 0. The summed E-state index contributed by atoms with van der Waals surface area (Å²) in [6, 6.07) is 69.3. The topological polar surface area (TPSA) is 69.6 Å². The Balaban J connectivity index is 1.09. The molecule has 6 heteroatoms. The third kappa shape index (κ3) is 7.41. The van der Waals surface area contributed by atoms with Crippen LogP contribution in [0.15, 0.2) is 242 Å². The maximum Gasteiger partial charge on any atom is 0.166 e. The Bertz CT molecular complexity index is 3910. The molecule has 0 unspecified atom stereocenters. The third-order valence-electron chi connectivity index (χ3n) is 12.8. The molecule has 326 valence electrons. The number of fused-ring (bicyclic) bond motifs is 7. The molecule has 0 spiro atoms. The minimum atomic E-state index is 0.517. The molecular formula is C63H43N5O. The Morgan fingerprint density at radius 1 is 0.507 bits per heavy atom. The van der Waals surface area contributed by atoms with E-state index in [1.807, 2.05) is 85.9 Å². The summed E-state index contributed by atoms with van der Waals surface area (Å²) in [6.45, 7) is 6.05. The van der Waals surface area contributed by atoms with E-state index in [9.17, 15) is 0 Å². The fourth-order valence-electron chi connectivity index (χ4n) is 9.61. The van der Waals surface area contributed by atoms with Gasteiger partial charge in [-0.1, -0.05) is 170 Å². The zero-order valence-electron chi connectivity index (χ0n) is 37.8. The Morgan fingerprint density at radius 2 is 1.13 bits per heavy atom. The molecule has 0 aliphatic heterocycles. The first-order valence-electron chi connectivity index (χ1n) is 23.1. The van der Waals surface area contributed by atoms with E-state index < -0.39 is 0 Å². The van der Waals surface area contributed by atoms with E-state index in [0.29, 0.717) is 17.5 Å². The Morgan fingerprint density at radius 3 is 1.83 bits per heavy atom. The average molecular weight is 886 g/mol. The van der Waals surface area contributed by atoms with Crippen molar-refractivity contribution in [3.8, 4) is 73.4 Å². The van der Waals surface area contributed by atoms with Crippen LogP contribution in [0.1, 0.15) is 12.5 Å². The summed E-state index contributed by atoms with van der Waals surface area (Å²) in [5, 5.41) is 4.24. The largest absolute Gasteiger partial charge is 0.455 e. The summed E-state index contributed by atoms with van der Waals surface area (Å²) < 4.78 is 9.18. The van der Waals surface area contributed by atoms with Crippen LogP contribution in [0.5, 0.6) is 0 Å². The molecule has 0 aliphatic carbocycles. The lowest BCUT2D eigenvalue weighted by atomic mass is 9.90. The SMILES string of the molecule is C=C/C=C(\C=C/C)c1ccc(-c2cnc(-c3ccc4oc5c(ccc6c5c5ccccc5n6-c5ccccc5)c4c3)c(-c3nc(-c4ccccc4)nc(-c4ccccc4)n3)c2)cc1-c1ccccc1. The molecule has 12 aromatic rings. The van der Waals surface area contributed by atoms with E-state index in [4.69, 9.17) is 24.4 Å². The van der Waals surface area contributed by atoms with Gasteiger partial charge in [0.25, 0.3) is 0 Å². The van der Waals surface area contributed by atoms with Crippen LogP contribution in [-0.2, 0) is 0 Å². The fraction of sp³-hybridized carbons (Fsp3) is 0.0159. The van der Waals surface area contributed by atoms with Gasteiger partial charge in [-0.15, -0.1) is 0 Å². The summed E-state index contributed by atoms with van der Waals surface area (Å²) in [7, 11) is 0. The predicted molar refractivity (Wildman–Crippen MR) is 285 cm³/mol. The summed E-state index contributed by atoms with van der Waals surface area (Å²) in [6.07, 6.45) is 10.0. The van der Waals surface area contributed by atoms with E-state index >= 15 is 0 Å². The van der Waals surface area contributed by atoms with Crippen LogP contribution in [0.25, 0.3) is 123 Å². The van der Waals surface area contributed by atoms with Crippen molar-refractivity contribution in [2.75, 3.05) is 0 Å². The maximum atomic E-state index is 6.86. The van der Waals surface area contributed by atoms with Crippen molar-refractivity contribution in [2.45, 2.75) is 6.92 Å². The maximum absolute atomic E-state index is 6.86. The lowest BCUT2D eigenvalue weighted by Crippen LogP contribution is -2.02.